The molecule has 3 heteroatoms. The Hall–Kier alpha value is -0.573. The van der Waals surface area contributed by atoms with Gasteiger partial charge in [0.25, 0.3) is 0 Å². The molecule has 18 heavy (non-hydrogen) atoms. The second-order valence-corrected chi connectivity index (χ2v) is 12.4. The van der Waals surface area contributed by atoms with Crippen LogP contribution in [0.3, 0.4) is 0 Å². The quantitative estimate of drug-likeness (QED) is 0.683. The van der Waals surface area contributed by atoms with Crippen molar-refractivity contribution in [2.45, 2.75) is 77.9 Å². The van der Waals surface area contributed by atoms with Gasteiger partial charge in [-0.2, -0.15) is 0 Å². The van der Waals surface area contributed by atoms with Crippen LogP contribution >= 0.6 is 0 Å². The van der Waals surface area contributed by atoms with Gasteiger partial charge in [0.15, 0.2) is 8.24 Å². The summed E-state index contributed by atoms with van der Waals surface area (Å²) < 4.78 is 2.59. The summed E-state index contributed by atoms with van der Waals surface area (Å²) >= 11 is 0. The first kappa shape index (κ1) is 15.5. The standard InChI is InChI=1S/C15H30N2Si/c1-11(2)15-16-9-10-17(15)18(12(3)4,13(5)6)14(7)8/h9-14H,1-8H3. The fourth-order valence-corrected chi connectivity index (χ4v) is 10.6. The maximum atomic E-state index is 4.63. The monoisotopic (exact) mass is 266 g/mol. The van der Waals surface area contributed by atoms with Crippen LogP contribution in [-0.4, -0.2) is 17.5 Å². The van der Waals surface area contributed by atoms with Gasteiger partial charge in [-0.15, -0.1) is 0 Å². The van der Waals surface area contributed by atoms with E-state index in [0.29, 0.717) is 5.92 Å². The number of hydrogen-bond donors (Lipinski definition) is 0. The summed E-state index contributed by atoms with van der Waals surface area (Å²) in [5.74, 6) is 1.78. The van der Waals surface area contributed by atoms with Crippen LogP contribution in [0.15, 0.2) is 12.4 Å². The molecule has 0 aliphatic heterocycles. The van der Waals surface area contributed by atoms with Gasteiger partial charge < -0.3 is 4.23 Å². The van der Waals surface area contributed by atoms with E-state index in [2.05, 4.69) is 70.8 Å². The summed E-state index contributed by atoms with van der Waals surface area (Å²) in [7, 11) is -1.60. The molecule has 0 aliphatic rings. The van der Waals surface area contributed by atoms with E-state index in [1.165, 1.54) is 5.82 Å². The van der Waals surface area contributed by atoms with Crippen molar-refractivity contribution in [3.8, 4) is 0 Å². The molecular formula is C15H30N2Si. The maximum absolute atomic E-state index is 4.63. The highest BCUT2D eigenvalue weighted by Gasteiger charge is 2.46. The first-order chi connectivity index (χ1) is 8.26. The lowest BCUT2D eigenvalue weighted by Gasteiger charge is -2.45. The summed E-state index contributed by atoms with van der Waals surface area (Å²) in [6, 6.07) is 0. The normalized spacial score (nSPS) is 13.3. The lowest BCUT2D eigenvalue weighted by atomic mass is 10.2. The molecule has 1 aromatic heterocycles. The van der Waals surface area contributed by atoms with Crippen molar-refractivity contribution in [1.29, 1.82) is 0 Å². The lowest BCUT2D eigenvalue weighted by molar-refractivity contribution is 0.705. The molecule has 1 rings (SSSR count). The molecule has 0 atom stereocenters. The summed E-state index contributed by atoms with van der Waals surface area (Å²) in [5, 5.41) is 0. The smallest absolute Gasteiger partial charge is 0.171 e. The minimum absolute atomic E-state index is 0.503. The molecule has 0 saturated heterocycles. The Balaban J connectivity index is 3.47. The number of hydrogen-bond acceptors (Lipinski definition) is 1. The average Bonchev–Trinajstić information content (AvgIpc) is 2.65. The summed E-state index contributed by atoms with van der Waals surface area (Å²) in [5.41, 5.74) is 2.18. The zero-order valence-electron chi connectivity index (χ0n) is 13.4. The van der Waals surface area contributed by atoms with Crippen LogP contribution in [0.5, 0.6) is 0 Å². The molecule has 104 valence electrons. The van der Waals surface area contributed by atoms with Crippen LogP contribution in [-0.2, 0) is 0 Å². The van der Waals surface area contributed by atoms with E-state index in [1.54, 1.807) is 0 Å². The molecule has 0 radical (unpaired) electrons. The summed E-state index contributed by atoms with van der Waals surface area (Å²) in [4.78, 5) is 4.63. The molecule has 0 unspecified atom stereocenters. The van der Waals surface area contributed by atoms with E-state index < -0.39 is 8.24 Å². The molecule has 0 amide bonds. The molecule has 2 nitrogen and oxygen atoms in total. The molecule has 1 heterocycles. The first-order valence-electron chi connectivity index (χ1n) is 7.29. The van der Waals surface area contributed by atoms with Crippen molar-refractivity contribution in [1.82, 2.24) is 9.22 Å². The Morgan fingerprint density at radius 2 is 1.33 bits per heavy atom. The molecule has 0 aromatic carbocycles. The third kappa shape index (κ3) is 2.29. The van der Waals surface area contributed by atoms with Crippen LogP contribution in [0.4, 0.5) is 0 Å². The van der Waals surface area contributed by atoms with Gasteiger partial charge >= 0.3 is 0 Å². The van der Waals surface area contributed by atoms with Gasteiger partial charge in [0.05, 0.1) is 0 Å². The fourth-order valence-electron chi connectivity index (χ4n) is 3.90. The number of aromatic nitrogens is 2. The summed E-state index contributed by atoms with van der Waals surface area (Å²) in [6.07, 6.45) is 4.23. The molecule has 0 N–H and O–H groups in total. The van der Waals surface area contributed by atoms with E-state index in [9.17, 15) is 0 Å². The molecule has 0 bridgehead atoms. The van der Waals surface area contributed by atoms with E-state index in [-0.39, 0.29) is 0 Å². The second kappa shape index (κ2) is 5.60. The topological polar surface area (TPSA) is 17.8 Å². The maximum Gasteiger partial charge on any atom is 0.171 e. The zero-order chi connectivity index (χ0) is 14.1. The van der Waals surface area contributed by atoms with Gasteiger partial charge in [-0.1, -0.05) is 55.4 Å². The largest absolute Gasteiger partial charge is 0.361 e. The van der Waals surface area contributed by atoms with Crippen LogP contribution in [0.25, 0.3) is 0 Å². The predicted octanol–water partition coefficient (Wildman–Crippen LogP) is 5.03. The molecule has 1 aromatic rings. The van der Waals surface area contributed by atoms with Crippen molar-refractivity contribution in [3.63, 3.8) is 0 Å². The average molecular weight is 267 g/mol. The van der Waals surface area contributed by atoms with E-state index in [1.807, 2.05) is 6.20 Å². The minimum Gasteiger partial charge on any atom is -0.361 e. The Kier molecular flexibility index (Phi) is 4.82. The first-order valence-corrected chi connectivity index (χ1v) is 9.47. The Morgan fingerprint density at radius 1 is 0.889 bits per heavy atom. The van der Waals surface area contributed by atoms with E-state index in [0.717, 1.165) is 16.6 Å². The number of nitrogens with zero attached hydrogens (tertiary/aromatic N) is 2. The highest BCUT2D eigenvalue weighted by atomic mass is 28.3. The van der Waals surface area contributed by atoms with Crippen LogP contribution in [0, 0.1) is 0 Å². The van der Waals surface area contributed by atoms with Crippen molar-refractivity contribution >= 4 is 8.24 Å². The Bertz CT molecular complexity index is 356. The highest BCUT2D eigenvalue weighted by Crippen LogP contribution is 2.43. The highest BCUT2D eigenvalue weighted by molar-refractivity contribution is 6.82. The molecular weight excluding hydrogens is 236 g/mol. The molecule has 0 fully saturated rings. The molecule has 0 spiro atoms. The van der Waals surface area contributed by atoms with Crippen LogP contribution < -0.4 is 0 Å². The number of imidazole rings is 1. The van der Waals surface area contributed by atoms with Gasteiger partial charge in [0.1, 0.15) is 5.82 Å². The van der Waals surface area contributed by atoms with Crippen molar-refractivity contribution in [2.24, 2.45) is 0 Å². The van der Waals surface area contributed by atoms with E-state index >= 15 is 0 Å². The predicted molar refractivity (Wildman–Crippen MR) is 82.8 cm³/mol. The van der Waals surface area contributed by atoms with Gasteiger partial charge in [0.2, 0.25) is 0 Å². The van der Waals surface area contributed by atoms with Crippen molar-refractivity contribution in [3.05, 3.63) is 18.2 Å². The van der Waals surface area contributed by atoms with Gasteiger partial charge in [-0.3, -0.25) is 0 Å². The van der Waals surface area contributed by atoms with E-state index in [4.69, 9.17) is 0 Å². The Morgan fingerprint density at radius 3 is 1.67 bits per heavy atom. The molecule has 0 aliphatic carbocycles. The Labute approximate surface area is 114 Å². The zero-order valence-corrected chi connectivity index (χ0v) is 14.4. The number of rotatable bonds is 5. The lowest BCUT2D eigenvalue weighted by Crippen LogP contribution is -2.52. The SMILES string of the molecule is CC(C)c1nccn1[Si](C(C)C)(C(C)C)C(C)C. The van der Waals surface area contributed by atoms with Crippen LogP contribution in [0.1, 0.15) is 67.1 Å². The third-order valence-corrected chi connectivity index (χ3v) is 11.1. The van der Waals surface area contributed by atoms with Crippen LogP contribution in [0.2, 0.25) is 16.6 Å². The minimum atomic E-state index is -1.60. The van der Waals surface area contributed by atoms with Crippen molar-refractivity contribution in [2.75, 3.05) is 0 Å². The fraction of sp³-hybridized carbons (Fsp3) is 0.800. The van der Waals surface area contributed by atoms with Gasteiger partial charge in [0, 0.05) is 18.3 Å². The van der Waals surface area contributed by atoms with Gasteiger partial charge in [-0.05, 0) is 16.6 Å². The summed E-state index contributed by atoms with van der Waals surface area (Å²) in [6.45, 7) is 18.9. The van der Waals surface area contributed by atoms with Gasteiger partial charge in [-0.25, -0.2) is 4.98 Å². The second-order valence-electron chi connectivity index (χ2n) is 6.66. The third-order valence-electron chi connectivity index (χ3n) is 4.38. The molecule has 0 saturated carbocycles. The van der Waals surface area contributed by atoms with Crippen molar-refractivity contribution < 1.29 is 0 Å².